The van der Waals surface area contributed by atoms with Gasteiger partial charge in [0.25, 0.3) is 0 Å². The van der Waals surface area contributed by atoms with Crippen LogP contribution >= 0.6 is 31.9 Å². The van der Waals surface area contributed by atoms with Gasteiger partial charge in [-0.1, -0.05) is 0 Å². The minimum atomic E-state index is -2.85. The zero-order chi connectivity index (χ0) is 6.08. The van der Waals surface area contributed by atoms with Crippen molar-refractivity contribution in [2.75, 3.05) is 0 Å². The zero-order valence-corrected chi connectivity index (χ0v) is 10.1. The molecule has 0 aromatic heterocycles. The molecule has 0 bridgehead atoms. The van der Waals surface area contributed by atoms with Crippen LogP contribution in [0.15, 0.2) is 0 Å². The summed E-state index contributed by atoms with van der Waals surface area (Å²) in [7, 11) is 0. The Hall–Kier alpha value is 1.92. The Morgan fingerprint density at radius 3 is 1.62 bits per heavy atom. The van der Waals surface area contributed by atoms with Crippen molar-refractivity contribution in [3.05, 3.63) is 4.83 Å². The topological polar surface area (TPSA) is 0 Å². The maximum Gasteiger partial charge on any atom is 3.00 e. The van der Waals surface area contributed by atoms with E-state index in [0.29, 0.717) is 0 Å². The van der Waals surface area contributed by atoms with Gasteiger partial charge in [0.15, 0.2) is 4.83 Å². The summed E-state index contributed by atoms with van der Waals surface area (Å²) in [6.07, 6.45) is 0. The van der Waals surface area contributed by atoms with Gasteiger partial charge in [0.1, 0.15) is 0 Å². The molecule has 44 valence electrons. The predicted octanol–water partition coefficient (Wildman–Crippen LogP) is 2.92. The van der Waals surface area contributed by atoms with E-state index in [-0.39, 0.29) is 37.5 Å². The first-order valence-corrected chi connectivity index (χ1v) is 3.09. The van der Waals surface area contributed by atoms with Crippen LogP contribution in [0.25, 0.3) is 0 Å². The Balaban J connectivity index is 0. The average Bonchev–Trinajstić information content (AvgIpc) is 1.31. The van der Waals surface area contributed by atoms with Crippen LogP contribution in [0, 0.1) is 4.83 Å². The van der Waals surface area contributed by atoms with E-state index < -0.39 is 4.83 Å². The molecule has 0 aromatic carbocycles. The SMILES string of the molecule is C[C-](Br)C(F)(F)Br.[Y+3]. The fourth-order valence-electron chi connectivity index (χ4n) is 0. The summed E-state index contributed by atoms with van der Waals surface area (Å²) in [5, 5.41) is 0. The van der Waals surface area contributed by atoms with E-state index in [1.165, 1.54) is 6.92 Å². The third kappa shape index (κ3) is 6.05. The van der Waals surface area contributed by atoms with E-state index in [1.807, 2.05) is 0 Å². The van der Waals surface area contributed by atoms with E-state index in [0.717, 1.165) is 0 Å². The maximum absolute atomic E-state index is 11.7. The summed E-state index contributed by atoms with van der Waals surface area (Å²) in [6, 6.07) is 0. The average molecular weight is 326 g/mol. The molecule has 0 N–H and O–H groups in total. The Kier molecular flexibility index (Phi) is 7.39. The van der Waals surface area contributed by atoms with Gasteiger partial charge in [0.2, 0.25) is 0 Å². The van der Waals surface area contributed by atoms with Gasteiger partial charge in [0, 0.05) is 0 Å². The first kappa shape index (κ1) is 12.6. The normalized spacial score (nSPS) is 11.2. The van der Waals surface area contributed by atoms with Crippen molar-refractivity contribution in [2.24, 2.45) is 0 Å². The Labute approximate surface area is 88.9 Å². The third-order valence-electron chi connectivity index (χ3n) is 0.391. The molecule has 0 aliphatic rings. The van der Waals surface area contributed by atoms with Crippen LogP contribution in [0.4, 0.5) is 8.78 Å². The molecule has 0 aliphatic carbocycles. The molecule has 0 aliphatic heterocycles. The van der Waals surface area contributed by atoms with Crippen molar-refractivity contribution in [3.63, 3.8) is 0 Å². The molecule has 5 heteroatoms. The minimum Gasteiger partial charge on any atom is -0.310 e. The van der Waals surface area contributed by atoms with Gasteiger partial charge >= 0.3 is 32.7 Å². The molecule has 0 nitrogen and oxygen atoms in total. The summed E-state index contributed by atoms with van der Waals surface area (Å²) < 4.78 is 23.4. The molecule has 0 spiro atoms. The van der Waals surface area contributed by atoms with Crippen LogP contribution in [0.2, 0.25) is 0 Å². The molecule has 0 radical (unpaired) electrons. The second-order valence-electron chi connectivity index (χ2n) is 1.03. The van der Waals surface area contributed by atoms with Crippen LogP contribution in [0.1, 0.15) is 6.92 Å². The first-order valence-electron chi connectivity index (χ1n) is 1.51. The molecular formula is C3H3Br2F2Y+2. The van der Waals surface area contributed by atoms with E-state index in [2.05, 4.69) is 31.9 Å². The van der Waals surface area contributed by atoms with Crippen LogP contribution in [0.5, 0.6) is 0 Å². The molecule has 0 saturated heterocycles. The Morgan fingerprint density at radius 2 is 1.62 bits per heavy atom. The first-order chi connectivity index (χ1) is 2.94. The minimum absolute atomic E-state index is 0. The van der Waals surface area contributed by atoms with Crippen LogP contribution in [-0.2, 0) is 32.7 Å². The molecule has 0 heterocycles. The van der Waals surface area contributed by atoms with Gasteiger partial charge in [0.05, 0.1) is 0 Å². The largest absolute Gasteiger partial charge is 3.00 e. The van der Waals surface area contributed by atoms with Gasteiger partial charge < -0.3 is 15.9 Å². The summed E-state index contributed by atoms with van der Waals surface area (Å²) in [5.74, 6) is 0. The van der Waals surface area contributed by atoms with Gasteiger partial charge in [-0.3, -0.25) is 0 Å². The number of hydrogen-bond donors (Lipinski definition) is 0. The maximum atomic E-state index is 11.7. The van der Waals surface area contributed by atoms with Crippen LogP contribution in [-0.4, -0.2) is 4.83 Å². The van der Waals surface area contributed by atoms with Crippen LogP contribution in [0.3, 0.4) is 0 Å². The molecule has 0 atom stereocenters. The van der Waals surface area contributed by atoms with Crippen molar-refractivity contribution in [1.29, 1.82) is 0 Å². The number of hydrogen-bond acceptors (Lipinski definition) is 0. The molecule has 0 unspecified atom stereocenters. The van der Waals surface area contributed by atoms with Crippen molar-refractivity contribution < 1.29 is 41.5 Å². The van der Waals surface area contributed by atoms with E-state index >= 15 is 0 Å². The van der Waals surface area contributed by atoms with Crippen molar-refractivity contribution in [3.8, 4) is 0 Å². The quantitative estimate of drug-likeness (QED) is 0.514. The smallest absolute Gasteiger partial charge is 0.310 e. The molecule has 0 saturated carbocycles. The van der Waals surface area contributed by atoms with Crippen LogP contribution < -0.4 is 0 Å². The molecule has 0 rings (SSSR count). The monoisotopic (exact) mass is 324 g/mol. The Morgan fingerprint density at radius 1 is 1.50 bits per heavy atom. The van der Waals surface area contributed by atoms with Crippen molar-refractivity contribution >= 4 is 31.9 Å². The third-order valence-corrected chi connectivity index (χ3v) is 2.02. The van der Waals surface area contributed by atoms with Gasteiger partial charge in [-0.05, 0) is 15.9 Å². The van der Waals surface area contributed by atoms with E-state index in [9.17, 15) is 8.78 Å². The molecule has 8 heavy (non-hydrogen) atoms. The molecular weight excluding hydrogens is 323 g/mol. The van der Waals surface area contributed by atoms with Crippen molar-refractivity contribution in [2.45, 2.75) is 11.8 Å². The standard InChI is InChI=1S/C3H3Br2F2.Y/c1-2(4)3(5,6)7;/h1H3;/q-1;+3. The second kappa shape index (κ2) is 4.70. The van der Waals surface area contributed by atoms with E-state index in [1.54, 1.807) is 0 Å². The van der Waals surface area contributed by atoms with Crippen molar-refractivity contribution in [1.82, 2.24) is 0 Å². The summed E-state index contributed by atoms with van der Waals surface area (Å²) >= 11 is 4.74. The molecule has 0 aromatic rings. The number of rotatable bonds is 1. The Bertz CT molecular complexity index is 60.8. The molecule has 0 fully saturated rings. The zero-order valence-electron chi connectivity index (χ0n) is 4.09. The van der Waals surface area contributed by atoms with E-state index in [4.69, 9.17) is 0 Å². The fraction of sp³-hybridized carbons (Fsp3) is 0.667. The second-order valence-corrected chi connectivity index (χ2v) is 3.22. The summed E-state index contributed by atoms with van der Waals surface area (Å²) in [4.78, 5) is -2.97. The van der Waals surface area contributed by atoms with Gasteiger partial charge in [-0.15, -0.1) is 0 Å². The predicted molar refractivity (Wildman–Crippen MR) is 31.7 cm³/mol. The number of alkyl halides is 3. The van der Waals surface area contributed by atoms with Gasteiger partial charge in [-0.2, -0.15) is 11.8 Å². The molecule has 0 amide bonds. The number of halogens is 4. The van der Waals surface area contributed by atoms with Gasteiger partial charge in [-0.25, -0.2) is 8.78 Å². The fourth-order valence-corrected chi connectivity index (χ4v) is 0. The summed E-state index contributed by atoms with van der Waals surface area (Å²) in [5.41, 5.74) is 0. The summed E-state index contributed by atoms with van der Waals surface area (Å²) in [6.45, 7) is 1.29.